The van der Waals surface area contributed by atoms with Crippen LogP contribution in [-0.2, 0) is 10.8 Å². The third-order valence-corrected chi connectivity index (χ3v) is 9.17. The number of nitrogens with one attached hydrogen (secondary N) is 1. The van der Waals surface area contributed by atoms with Crippen molar-refractivity contribution in [3.05, 3.63) is 95.1 Å². The smallest absolute Gasteiger partial charge is 0.872 e. The summed E-state index contributed by atoms with van der Waals surface area (Å²) in [6.07, 6.45) is 0. The van der Waals surface area contributed by atoms with Crippen LogP contribution in [0.15, 0.2) is 72.8 Å². The molecule has 166 valence electrons. The topological polar surface area (TPSA) is 37.2 Å². The van der Waals surface area contributed by atoms with Gasteiger partial charge in [-0.3, -0.25) is 0 Å². The van der Waals surface area contributed by atoms with Crippen LogP contribution in [0.3, 0.4) is 0 Å². The fraction of sp³-hybridized carbons (Fsp3) is 0.194. The second kappa shape index (κ2) is 7.13. The maximum absolute atomic E-state index is 13.4. The average molecular weight is 469 g/mol. The Bertz CT molecular complexity index is 1680. The minimum absolute atomic E-state index is 0. The third-order valence-electron chi connectivity index (χ3n) is 8.04. The standard InChI is InChI=1S/C31H25NOS.Be/c1-30(2)21-11-7-5-9-17(21)19-14-16-24(33)25(26(19)30)29-32-23-15-13-20-18-10-6-8-12-22(18)31(3,4)27(20)28(23)34-29;/h5-16,33H,1-4H3;/q;+2. The first-order valence-corrected chi connectivity index (χ1v) is 12.7. The number of rotatable bonds is 1. The van der Waals surface area contributed by atoms with Gasteiger partial charge in [0, 0.05) is 16.9 Å². The van der Waals surface area contributed by atoms with Gasteiger partial charge in [0.2, 0.25) is 5.52 Å². The molecule has 1 aromatic heterocycles. The number of hydrogen-bond acceptors (Lipinski definition) is 2. The molecule has 0 radical (unpaired) electrons. The molecule has 4 heteroatoms. The van der Waals surface area contributed by atoms with E-state index in [1.54, 1.807) is 17.4 Å². The maximum atomic E-state index is 13.4. The number of thiazole rings is 1. The summed E-state index contributed by atoms with van der Waals surface area (Å²) in [5.41, 5.74) is 11.8. The van der Waals surface area contributed by atoms with Crippen LogP contribution in [0.25, 0.3) is 43.0 Å². The zero-order chi connectivity index (χ0) is 23.4. The second-order valence-electron chi connectivity index (χ2n) is 10.6. The van der Waals surface area contributed by atoms with Gasteiger partial charge in [-0.2, -0.15) is 4.98 Å². The van der Waals surface area contributed by atoms with Crippen molar-refractivity contribution in [1.29, 1.82) is 0 Å². The van der Waals surface area contributed by atoms with Crippen LogP contribution in [0.1, 0.15) is 49.9 Å². The minimum Gasteiger partial charge on any atom is -0.872 e. The summed E-state index contributed by atoms with van der Waals surface area (Å²) < 4.78 is 1.25. The Morgan fingerprint density at radius 2 is 1.20 bits per heavy atom. The van der Waals surface area contributed by atoms with Gasteiger partial charge < -0.3 is 5.11 Å². The molecule has 0 spiro atoms. The molecule has 5 aromatic rings. The quantitative estimate of drug-likeness (QED) is 0.253. The van der Waals surface area contributed by atoms with Gasteiger partial charge in [-0.05, 0) is 50.6 Å². The van der Waals surface area contributed by atoms with E-state index in [0.717, 1.165) is 21.7 Å². The molecular weight excluding hydrogens is 443 g/mol. The largest absolute Gasteiger partial charge is 2.00 e. The molecule has 0 amide bonds. The molecule has 7 rings (SSSR count). The van der Waals surface area contributed by atoms with E-state index < -0.39 is 0 Å². The van der Waals surface area contributed by atoms with Crippen molar-refractivity contribution in [3.8, 4) is 38.6 Å². The molecule has 0 saturated carbocycles. The summed E-state index contributed by atoms with van der Waals surface area (Å²) >= 11 is 1.73. The second-order valence-corrected chi connectivity index (χ2v) is 11.6. The summed E-state index contributed by atoms with van der Waals surface area (Å²) in [6, 6.07) is 25.5. The molecule has 0 aliphatic heterocycles. The summed E-state index contributed by atoms with van der Waals surface area (Å²) in [7, 11) is 0. The van der Waals surface area contributed by atoms with E-state index in [1.807, 2.05) is 6.07 Å². The van der Waals surface area contributed by atoms with Crippen LogP contribution >= 0.6 is 11.3 Å². The number of aromatic nitrogens is 1. The summed E-state index contributed by atoms with van der Waals surface area (Å²) in [5, 5.41) is 14.4. The minimum atomic E-state index is -0.233. The molecule has 0 unspecified atom stereocenters. The van der Waals surface area contributed by atoms with Crippen molar-refractivity contribution in [2.75, 3.05) is 0 Å². The Balaban J connectivity index is 0.00000229. The van der Waals surface area contributed by atoms with Crippen molar-refractivity contribution in [1.82, 2.24) is 0 Å². The Labute approximate surface area is 213 Å². The Hall–Kier alpha value is -3.26. The normalized spacial score (nSPS) is 15.8. The SMILES string of the molecule is CC1(C)c2ccccc2-c2ccc([O-])c(-c3[nH+]c4ccc5c(c4s3)C(C)(C)c3ccccc3-5)c21.[Be+2]. The first kappa shape index (κ1) is 22.2. The fourth-order valence-corrected chi connectivity index (χ4v) is 7.84. The average Bonchev–Trinajstić information content (AvgIpc) is 3.42. The van der Waals surface area contributed by atoms with E-state index in [1.165, 1.54) is 43.6 Å². The van der Waals surface area contributed by atoms with E-state index in [9.17, 15) is 5.11 Å². The van der Waals surface area contributed by atoms with Crippen molar-refractivity contribution in [2.45, 2.75) is 38.5 Å². The Morgan fingerprint density at radius 3 is 1.86 bits per heavy atom. The molecule has 35 heavy (non-hydrogen) atoms. The predicted octanol–water partition coefficient (Wildman–Crippen LogP) is 6.69. The zero-order valence-corrected chi connectivity index (χ0v) is 21.3. The van der Waals surface area contributed by atoms with Crippen LogP contribution in [-0.4, -0.2) is 10.1 Å². The molecule has 1 heterocycles. The molecule has 0 bridgehead atoms. The first-order valence-electron chi connectivity index (χ1n) is 11.8. The summed E-state index contributed by atoms with van der Waals surface area (Å²) in [4.78, 5) is 3.66. The molecule has 0 saturated heterocycles. The van der Waals surface area contributed by atoms with Crippen LogP contribution in [0, 0.1) is 0 Å². The molecule has 4 aromatic carbocycles. The number of aromatic amines is 1. The molecule has 0 fully saturated rings. The van der Waals surface area contributed by atoms with Crippen LogP contribution in [0.2, 0.25) is 0 Å². The molecule has 1 N–H and O–H groups in total. The maximum Gasteiger partial charge on any atom is 2.00 e. The van der Waals surface area contributed by atoms with Gasteiger partial charge in [0.05, 0.1) is 5.56 Å². The van der Waals surface area contributed by atoms with Crippen molar-refractivity contribution in [3.63, 3.8) is 0 Å². The van der Waals surface area contributed by atoms with E-state index in [0.29, 0.717) is 0 Å². The zero-order valence-electron chi connectivity index (χ0n) is 20.5. The van der Waals surface area contributed by atoms with Crippen LogP contribution < -0.4 is 10.1 Å². The first-order chi connectivity index (χ1) is 16.3. The van der Waals surface area contributed by atoms with E-state index in [4.69, 9.17) is 0 Å². The number of hydrogen-bond donors (Lipinski definition) is 0. The van der Waals surface area contributed by atoms with E-state index in [2.05, 4.69) is 93.3 Å². The van der Waals surface area contributed by atoms with Gasteiger partial charge in [-0.15, -0.1) is 0 Å². The van der Waals surface area contributed by atoms with Gasteiger partial charge in [0.25, 0.3) is 5.01 Å². The van der Waals surface area contributed by atoms with Gasteiger partial charge >= 0.3 is 10.1 Å². The Morgan fingerprint density at radius 1 is 0.657 bits per heavy atom. The fourth-order valence-electron chi connectivity index (χ4n) is 6.47. The van der Waals surface area contributed by atoms with Crippen LogP contribution in [0.5, 0.6) is 5.75 Å². The van der Waals surface area contributed by atoms with Crippen molar-refractivity contribution >= 4 is 31.7 Å². The molecular formula is C31H25BeNOS+2. The molecule has 0 atom stereocenters. The van der Waals surface area contributed by atoms with Gasteiger partial charge in [0.1, 0.15) is 4.70 Å². The van der Waals surface area contributed by atoms with Crippen LogP contribution in [0.4, 0.5) is 0 Å². The van der Waals surface area contributed by atoms with E-state index >= 15 is 0 Å². The van der Waals surface area contributed by atoms with Gasteiger partial charge in [-0.1, -0.05) is 105 Å². The predicted molar refractivity (Wildman–Crippen MR) is 144 cm³/mol. The van der Waals surface area contributed by atoms with Crippen molar-refractivity contribution < 1.29 is 10.1 Å². The molecule has 2 aliphatic rings. The third kappa shape index (κ3) is 2.71. The van der Waals surface area contributed by atoms with Crippen molar-refractivity contribution in [2.24, 2.45) is 0 Å². The summed E-state index contributed by atoms with van der Waals surface area (Å²) in [6.45, 7) is 9.11. The number of benzene rings is 4. The van der Waals surface area contributed by atoms with E-state index in [-0.39, 0.29) is 26.7 Å². The summed E-state index contributed by atoms with van der Waals surface area (Å²) in [5.74, 6) is 0.0848. The molecule has 2 nitrogen and oxygen atoms in total. The molecule has 2 aliphatic carbocycles. The number of fused-ring (bicyclic) bond motifs is 8. The van der Waals surface area contributed by atoms with Gasteiger partial charge in [0.15, 0.2) is 0 Å². The monoisotopic (exact) mass is 468 g/mol. The number of H-pyrrole nitrogens is 1. The Kier molecular flexibility index (Phi) is 4.53. The van der Waals surface area contributed by atoms with Gasteiger partial charge in [-0.25, -0.2) is 0 Å².